The van der Waals surface area contributed by atoms with Crippen LogP contribution < -0.4 is 20.7 Å². The maximum Gasteiger partial charge on any atom is 0.323 e. The van der Waals surface area contributed by atoms with Gasteiger partial charge in [-0.2, -0.15) is 15.6 Å². The number of benzene rings is 4. The average molecular weight is 825 g/mol. The van der Waals surface area contributed by atoms with Crippen LogP contribution in [0, 0.1) is 22.7 Å². The SMILES string of the molecule is N#Cc1cncc(COc2cc(Cn3ncc4c(-c5cccc(-c6ccc(CNC[C@]7([SiH3])CCC(=O)N7)cc6)c5C#N)cccc43)c(Cl)cc2CN[C@@H](CO)C(=O)O)c1. The molecule has 7 rings (SSSR count). The van der Waals surface area contributed by atoms with Gasteiger partial charge in [0.15, 0.2) is 0 Å². The fourth-order valence-electron chi connectivity index (χ4n) is 7.31. The zero-order valence-corrected chi connectivity index (χ0v) is 35.0. The molecule has 0 saturated carbocycles. The lowest BCUT2D eigenvalue weighted by Gasteiger charge is -2.24. The lowest BCUT2D eigenvalue weighted by Crippen LogP contribution is -2.49. The Morgan fingerprint density at radius 3 is 2.49 bits per heavy atom. The molecule has 0 bridgehead atoms. The molecule has 0 unspecified atom stereocenters. The highest BCUT2D eigenvalue weighted by molar-refractivity contribution is 6.31. The van der Waals surface area contributed by atoms with Crippen LogP contribution in [-0.4, -0.2) is 71.5 Å². The van der Waals surface area contributed by atoms with Crippen molar-refractivity contribution in [3.63, 3.8) is 0 Å². The molecule has 0 spiro atoms. The van der Waals surface area contributed by atoms with Crippen LogP contribution in [0.15, 0.2) is 97.5 Å². The molecular weight excluding hydrogens is 784 g/mol. The fraction of sp³-hybridized carbons (Fsp3) is 0.227. The standard InChI is InChI=1S/C44H41ClN8O5Si/c45-38-14-31(21-50-39(24-54)43(56)57)41(58-25-29-13-28(16-46)19-48-20-29)15-32(38)23-53-40-6-2-5-35(37(40)22-51-53)34-4-1-3-33(36(34)17-47)30-9-7-27(8-10-30)18-49-26-44(59)12-11-42(55)52-44/h1-10,13-15,19-20,22,39,49-50,54H,11-12,18,21,23-26H2,59H3,(H,52,55)(H,56,57)/t39-,44+/m0/s1. The Balaban J connectivity index is 1.14. The third kappa shape index (κ3) is 9.34. The number of nitriles is 2. The normalized spacial score (nSPS) is 15.4. The first kappa shape index (κ1) is 40.8. The Morgan fingerprint density at radius 2 is 1.76 bits per heavy atom. The number of carboxylic acid groups (broad SMARTS) is 1. The van der Waals surface area contributed by atoms with Gasteiger partial charge in [0.25, 0.3) is 0 Å². The van der Waals surface area contributed by atoms with E-state index in [2.05, 4.69) is 45.2 Å². The maximum absolute atomic E-state index is 11.7. The summed E-state index contributed by atoms with van der Waals surface area (Å²) in [6.07, 6.45) is 6.29. The molecule has 6 aromatic rings. The Bertz CT molecular complexity index is 2620. The number of aromatic nitrogens is 3. The van der Waals surface area contributed by atoms with E-state index in [0.717, 1.165) is 61.9 Å². The minimum atomic E-state index is -1.20. The zero-order chi connectivity index (χ0) is 41.5. The summed E-state index contributed by atoms with van der Waals surface area (Å²) in [5.74, 6) is -0.648. The number of halogens is 1. The molecule has 298 valence electrons. The van der Waals surface area contributed by atoms with Gasteiger partial charge in [-0.25, -0.2) is 0 Å². The van der Waals surface area contributed by atoms with E-state index in [1.54, 1.807) is 30.6 Å². The monoisotopic (exact) mass is 824 g/mol. The van der Waals surface area contributed by atoms with Crippen LogP contribution in [0.5, 0.6) is 5.75 Å². The highest BCUT2D eigenvalue weighted by Crippen LogP contribution is 2.37. The fourth-order valence-corrected chi connectivity index (χ4v) is 8.34. The molecule has 13 nitrogen and oxygen atoms in total. The minimum absolute atomic E-state index is 0.0434. The number of aliphatic hydroxyl groups is 1. The van der Waals surface area contributed by atoms with Crippen LogP contribution >= 0.6 is 11.6 Å². The number of carboxylic acids is 1. The largest absolute Gasteiger partial charge is 0.489 e. The lowest BCUT2D eigenvalue weighted by molar-refractivity contribution is -0.140. The van der Waals surface area contributed by atoms with Gasteiger partial charge in [0.1, 0.15) is 30.5 Å². The van der Waals surface area contributed by atoms with E-state index >= 15 is 0 Å². The van der Waals surface area contributed by atoms with Crippen LogP contribution in [-0.2, 0) is 35.8 Å². The van der Waals surface area contributed by atoms with Crippen molar-refractivity contribution in [2.24, 2.45) is 0 Å². The number of nitrogens with one attached hydrogen (secondary N) is 3. The van der Waals surface area contributed by atoms with Gasteiger partial charge in [0, 0.05) is 86.5 Å². The number of rotatable bonds is 16. The van der Waals surface area contributed by atoms with Crippen LogP contribution in [0.4, 0.5) is 0 Å². The van der Waals surface area contributed by atoms with Crippen LogP contribution in [0.3, 0.4) is 0 Å². The summed E-state index contributed by atoms with van der Waals surface area (Å²) in [4.78, 5) is 27.4. The average Bonchev–Trinajstić information content (AvgIpc) is 3.82. The van der Waals surface area contributed by atoms with Crippen molar-refractivity contribution in [3.05, 3.63) is 136 Å². The number of carbonyl (C=O) groups is 2. The summed E-state index contributed by atoms with van der Waals surface area (Å²) in [7, 11) is 0.879. The molecule has 2 aromatic heterocycles. The molecule has 1 amide bonds. The molecule has 1 aliphatic rings. The van der Waals surface area contributed by atoms with Crippen molar-refractivity contribution in [3.8, 4) is 40.1 Å². The minimum Gasteiger partial charge on any atom is -0.489 e. The summed E-state index contributed by atoms with van der Waals surface area (Å²) in [6, 6.07) is 28.4. The highest BCUT2D eigenvalue weighted by atomic mass is 35.5. The van der Waals surface area contributed by atoms with Crippen molar-refractivity contribution >= 4 is 44.6 Å². The predicted octanol–water partition coefficient (Wildman–Crippen LogP) is 4.39. The van der Waals surface area contributed by atoms with Gasteiger partial charge in [-0.1, -0.05) is 66.2 Å². The van der Waals surface area contributed by atoms with Gasteiger partial charge in [-0.05, 0) is 52.9 Å². The highest BCUT2D eigenvalue weighted by Gasteiger charge is 2.32. The second-order valence-electron chi connectivity index (χ2n) is 14.8. The lowest BCUT2D eigenvalue weighted by atomic mass is 9.91. The van der Waals surface area contributed by atoms with Gasteiger partial charge >= 0.3 is 5.97 Å². The van der Waals surface area contributed by atoms with E-state index in [0.29, 0.717) is 51.6 Å². The topological polar surface area (TPSA) is 198 Å². The number of hydrogen-bond donors (Lipinski definition) is 5. The number of amides is 1. The van der Waals surface area contributed by atoms with Crippen molar-refractivity contribution in [2.45, 2.75) is 50.3 Å². The zero-order valence-electron chi connectivity index (χ0n) is 32.2. The molecular formula is C44H41ClN8O5Si. The molecule has 5 N–H and O–H groups in total. The first-order valence-corrected chi connectivity index (χ1v) is 20.4. The van der Waals surface area contributed by atoms with Crippen molar-refractivity contribution in [1.29, 1.82) is 10.5 Å². The number of carbonyl (C=O) groups excluding carboxylic acids is 1. The first-order valence-electron chi connectivity index (χ1n) is 19.0. The number of fused-ring (bicyclic) bond motifs is 1. The molecule has 1 saturated heterocycles. The summed E-state index contributed by atoms with van der Waals surface area (Å²) in [5.41, 5.74) is 8.14. The summed E-state index contributed by atoms with van der Waals surface area (Å²) in [5, 5.41) is 54.2. The Kier molecular flexibility index (Phi) is 12.5. The molecule has 4 aromatic carbocycles. The summed E-state index contributed by atoms with van der Waals surface area (Å²) in [6.45, 7) is 1.19. The van der Waals surface area contributed by atoms with Gasteiger partial charge in [0.05, 0.1) is 36.0 Å². The van der Waals surface area contributed by atoms with Gasteiger partial charge < -0.3 is 25.6 Å². The Hall–Kier alpha value is -6.39. The van der Waals surface area contributed by atoms with Gasteiger partial charge in [0.2, 0.25) is 5.91 Å². The number of pyridine rings is 1. The second kappa shape index (κ2) is 18.0. The molecule has 0 aliphatic carbocycles. The molecule has 3 heterocycles. The smallest absolute Gasteiger partial charge is 0.323 e. The molecule has 59 heavy (non-hydrogen) atoms. The quantitative estimate of drug-likeness (QED) is 0.0869. The predicted molar refractivity (Wildman–Crippen MR) is 226 cm³/mol. The first-order chi connectivity index (χ1) is 28.6. The number of ether oxygens (including phenoxy) is 1. The van der Waals surface area contributed by atoms with E-state index in [1.807, 2.05) is 53.2 Å². The Morgan fingerprint density at radius 1 is 0.983 bits per heavy atom. The third-order valence-corrected chi connectivity index (χ3v) is 12.0. The number of aliphatic hydroxyl groups excluding tert-OH is 1. The van der Waals surface area contributed by atoms with Gasteiger partial charge in [-0.3, -0.25) is 24.6 Å². The maximum atomic E-state index is 11.7. The van der Waals surface area contributed by atoms with Crippen LogP contribution in [0.25, 0.3) is 33.2 Å². The molecule has 2 atom stereocenters. The summed E-state index contributed by atoms with van der Waals surface area (Å²) < 4.78 is 8.04. The number of hydrogen-bond acceptors (Lipinski definition) is 10. The van der Waals surface area contributed by atoms with Gasteiger partial charge in [-0.15, -0.1) is 0 Å². The molecule has 1 fully saturated rings. The van der Waals surface area contributed by atoms with E-state index in [9.17, 15) is 30.3 Å². The van der Waals surface area contributed by atoms with Crippen molar-refractivity contribution < 1.29 is 24.5 Å². The molecule has 1 aliphatic heterocycles. The van der Waals surface area contributed by atoms with E-state index < -0.39 is 18.6 Å². The van der Waals surface area contributed by atoms with E-state index in [1.165, 1.54) is 6.20 Å². The molecule has 15 heteroatoms. The summed E-state index contributed by atoms with van der Waals surface area (Å²) >= 11 is 6.86. The third-order valence-electron chi connectivity index (χ3n) is 10.5. The van der Waals surface area contributed by atoms with Crippen molar-refractivity contribution in [2.75, 3.05) is 13.2 Å². The number of aliphatic carboxylic acids is 1. The van der Waals surface area contributed by atoms with Crippen LogP contribution in [0.1, 0.15) is 46.2 Å². The Labute approximate surface area is 348 Å². The van der Waals surface area contributed by atoms with E-state index in [-0.39, 0.29) is 30.8 Å². The molecule has 0 radical (unpaired) electrons. The number of nitrogens with zero attached hydrogens (tertiary/aromatic N) is 5. The van der Waals surface area contributed by atoms with Crippen LogP contribution in [0.2, 0.25) is 5.02 Å². The van der Waals surface area contributed by atoms with E-state index in [4.69, 9.17) is 21.4 Å². The van der Waals surface area contributed by atoms with Crippen molar-refractivity contribution in [1.82, 2.24) is 30.7 Å². The second-order valence-corrected chi connectivity index (χ2v) is 17.1.